The van der Waals surface area contributed by atoms with Gasteiger partial charge in [0, 0.05) is 12.4 Å². The predicted octanol–water partition coefficient (Wildman–Crippen LogP) is 1.68. The number of carboxylic acid groups (broad SMARTS) is 1. The highest BCUT2D eigenvalue weighted by Crippen LogP contribution is 2.29. The van der Waals surface area contributed by atoms with E-state index in [0.29, 0.717) is 11.1 Å². The Morgan fingerprint density at radius 3 is 2.25 bits per heavy atom. The molecule has 2 N–H and O–H groups in total. The Balaban J connectivity index is 2.18. The van der Waals surface area contributed by atoms with E-state index in [2.05, 4.69) is 10.3 Å². The summed E-state index contributed by atoms with van der Waals surface area (Å²) in [5.74, 6) is 0. The number of carbonyl (C=O) groups is 1. The summed E-state index contributed by atoms with van der Waals surface area (Å²) in [6.45, 7) is 0. The van der Waals surface area contributed by atoms with E-state index >= 15 is 0 Å². The molecule has 0 spiro atoms. The molecule has 1 aromatic heterocycles. The van der Waals surface area contributed by atoms with Gasteiger partial charge >= 0.3 is 6.18 Å². The molecule has 0 bridgehead atoms. The second kappa shape index (κ2) is 7.31. The highest BCUT2D eigenvalue weighted by atomic mass is 19.4. The Hall–Kier alpha value is -2.61. The Kier molecular flexibility index (Phi) is 5.40. The van der Waals surface area contributed by atoms with Crippen LogP contribution in [0, 0.1) is 0 Å². The van der Waals surface area contributed by atoms with Gasteiger partial charge in [0.2, 0.25) is 0 Å². The van der Waals surface area contributed by atoms with Crippen LogP contribution in [0.5, 0.6) is 0 Å². The molecule has 2 atom stereocenters. The fourth-order valence-electron chi connectivity index (χ4n) is 2.27. The van der Waals surface area contributed by atoms with Crippen molar-refractivity contribution in [1.29, 1.82) is 0 Å². The van der Waals surface area contributed by atoms with E-state index in [9.17, 15) is 28.2 Å². The molecule has 0 aliphatic rings. The van der Waals surface area contributed by atoms with E-state index in [4.69, 9.17) is 0 Å². The average molecular weight is 339 g/mol. The van der Waals surface area contributed by atoms with Gasteiger partial charge in [0.1, 0.15) is 6.09 Å². The van der Waals surface area contributed by atoms with Gasteiger partial charge in [-0.1, -0.05) is 12.1 Å². The standard InChI is InChI=1S/C16H15F3N2O3/c17-16(18,19)12-3-1-10(2-4-12)9-13(21-15(23)24)14(22)11-5-7-20-8-6-11/h1-8,13-14,21-22H,9H2,(H,23,24)/p-1. The van der Waals surface area contributed by atoms with Crippen LogP contribution in [0.4, 0.5) is 18.0 Å². The van der Waals surface area contributed by atoms with E-state index < -0.39 is 30.0 Å². The highest BCUT2D eigenvalue weighted by Gasteiger charge is 2.30. The topological polar surface area (TPSA) is 85.3 Å². The zero-order valence-corrected chi connectivity index (χ0v) is 12.3. The maximum atomic E-state index is 12.6. The molecule has 0 fully saturated rings. The summed E-state index contributed by atoms with van der Waals surface area (Å²) in [6.07, 6.45) is -4.36. The summed E-state index contributed by atoms with van der Waals surface area (Å²) in [7, 11) is 0. The molecule has 1 aromatic carbocycles. The van der Waals surface area contributed by atoms with Crippen LogP contribution >= 0.6 is 0 Å². The largest absolute Gasteiger partial charge is 0.530 e. The fraction of sp³-hybridized carbons (Fsp3) is 0.250. The van der Waals surface area contributed by atoms with Crippen molar-refractivity contribution in [3.8, 4) is 0 Å². The number of hydrogen-bond acceptors (Lipinski definition) is 4. The number of rotatable bonds is 5. The number of carbonyl (C=O) groups excluding carboxylic acids is 1. The number of aliphatic hydroxyl groups is 1. The molecule has 2 aromatic rings. The van der Waals surface area contributed by atoms with Crippen LogP contribution in [0.15, 0.2) is 48.8 Å². The number of hydrogen-bond donors (Lipinski definition) is 2. The molecule has 0 radical (unpaired) electrons. The van der Waals surface area contributed by atoms with Crippen LogP contribution in [0.3, 0.4) is 0 Å². The van der Waals surface area contributed by atoms with E-state index in [1.54, 1.807) is 0 Å². The first kappa shape index (κ1) is 17.7. The average Bonchev–Trinajstić information content (AvgIpc) is 2.53. The van der Waals surface area contributed by atoms with Crippen molar-refractivity contribution < 1.29 is 28.2 Å². The number of halogens is 3. The SMILES string of the molecule is O=C([O-])NC(Cc1ccc(C(F)(F)F)cc1)C(O)c1ccncc1. The zero-order chi connectivity index (χ0) is 17.7. The van der Waals surface area contributed by atoms with Crippen LogP contribution < -0.4 is 10.4 Å². The summed E-state index contributed by atoms with van der Waals surface area (Å²) in [4.78, 5) is 14.6. The second-order valence-electron chi connectivity index (χ2n) is 5.16. The second-order valence-corrected chi connectivity index (χ2v) is 5.16. The summed E-state index contributed by atoms with van der Waals surface area (Å²) in [5, 5.41) is 23.2. The lowest BCUT2D eigenvalue weighted by molar-refractivity contribution is -0.252. The van der Waals surface area contributed by atoms with Gasteiger partial charge in [-0.3, -0.25) is 4.98 Å². The zero-order valence-electron chi connectivity index (χ0n) is 12.3. The quantitative estimate of drug-likeness (QED) is 0.868. The smallest absolute Gasteiger partial charge is 0.416 e. The number of nitrogens with one attached hydrogen (secondary N) is 1. The molecule has 2 rings (SSSR count). The van der Waals surface area contributed by atoms with Crippen LogP contribution in [0.25, 0.3) is 0 Å². The van der Waals surface area contributed by atoms with Gasteiger partial charge in [-0.25, -0.2) is 0 Å². The minimum atomic E-state index is -4.45. The van der Waals surface area contributed by atoms with Crippen LogP contribution in [-0.4, -0.2) is 22.2 Å². The molecule has 0 aliphatic heterocycles. The first-order chi connectivity index (χ1) is 11.3. The number of amides is 1. The monoisotopic (exact) mass is 339 g/mol. The summed E-state index contributed by atoms with van der Waals surface area (Å²) in [6, 6.07) is 6.35. The third-order valence-corrected chi connectivity index (χ3v) is 3.47. The third kappa shape index (κ3) is 4.69. The number of nitrogens with zero attached hydrogens (tertiary/aromatic N) is 1. The van der Waals surface area contributed by atoms with Crippen molar-refractivity contribution in [2.75, 3.05) is 0 Å². The number of alkyl halides is 3. The molecule has 1 amide bonds. The van der Waals surface area contributed by atoms with Gasteiger partial charge in [-0.2, -0.15) is 13.2 Å². The molecule has 24 heavy (non-hydrogen) atoms. The molecule has 0 aliphatic carbocycles. The van der Waals surface area contributed by atoms with Gasteiger partial charge in [0.05, 0.1) is 17.7 Å². The molecular formula is C16H14F3N2O3-. The molecular weight excluding hydrogens is 325 g/mol. The number of aliphatic hydroxyl groups excluding tert-OH is 1. The third-order valence-electron chi connectivity index (χ3n) is 3.47. The number of pyridine rings is 1. The first-order valence-corrected chi connectivity index (χ1v) is 6.99. The lowest BCUT2D eigenvalue weighted by Crippen LogP contribution is -2.47. The van der Waals surface area contributed by atoms with Crippen LogP contribution in [0.1, 0.15) is 22.8 Å². The molecule has 5 nitrogen and oxygen atoms in total. The fourth-order valence-corrected chi connectivity index (χ4v) is 2.27. The molecule has 128 valence electrons. The molecule has 1 heterocycles. The molecule has 0 saturated carbocycles. The number of aromatic nitrogens is 1. The highest BCUT2D eigenvalue weighted by molar-refractivity contribution is 5.62. The maximum Gasteiger partial charge on any atom is 0.416 e. The normalized spacial score (nSPS) is 14.0. The minimum absolute atomic E-state index is 0.00436. The minimum Gasteiger partial charge on any atom is -0.530 e. The van der Waals surface area contributed by atoms with Gasteiger partial charge < -0.3 is 20.3 Å². The van der Waals surface area contributed by atoms with Crippen molar-refractivity contribution in [3.05, 3.63) is 65.5 Å². The van der Waals surface area contributed by atoms with Gasteiger partial charge in [-0.15, -0.1) is 0 Å². The van der Waals surface area contributed by atoms with E-state index in [1.807, 2.05) is 0 Å². The molecule has 2 unspecified atom stereocenters. The Morgan fingerprint density at radius 2 is 1.75 bits per heavy atom. The summed E-state index contributed by atoms with van der Waals surface area (Å²) < 4.78 is 37.7. The Bertz CT molecular complexity index is 675. The van der Waals surface area contributed by atoms with Crippen molar-refractivity contribution in [1.82, 2.24) is 10.3 Å². The van der Waals surface area contributed by atoms with Gasteiger partial charge in [0.15, 0.2) is 0 Å². The van der Waals surface area contributed by atoms with Crippen molar-refractivity contribution in [2.45, 2.75) is 24.7 Å². The number of benzene rings is 1. The van der Waals surface area contributed by atoms with E-state index in [-0.39, 0.29) is 6.42 Å². The summed E-state index contributed by atoms with van der Waals surface area (Å²) >= 11 is 0. The molecule has 8 heteroatoms. The van der Waals surface area contributed by atoms with Crippen LogP contribution in [0.2, 0.25) is 0 Å². The van der Waals surface area contributed by atoms with Crippen LogP contribution in [-0.2, 0) is 12.6 Å². The van der Waals surface area contributed by atoms with E-state index in [1.165, 1.54) is 36.7 Å². The van der Waals surface area contributed by atoms with Gasteiger partial charge in [-0.05, 0) is 41.8 Å². The lowest BCUT2D eigenvalue weighted by Gasteiger charge is -2.26. The molecule has 0 saturated heterocycles. The van der Waals surface area contributed by atoms with Crippen molar-refractivity contribution in [2.24, 2.45) is 0 Å². The lowest BCUT2D eigenvalue weighted by atomic mass is 9.96. The van der Waals surface area contributed by atoms with Crippen molar-refractivity contribution >= 4 is 6.09 Å². The Morgan fingerprint density at radius 1 is 1.17 bits per heavy atom. The summed E-state index contributed by atoms with van der Waals surface area (Å²) in [5.41, 5.74) is 0.0656. The predicted molar refractivity (Wildman–Crippen MR) is 76.7 cm³/mol. The maximum absolute atomic E-state index is 12.6. The first-order valence-electron chi connectivity index (χ1n) is 6.99. The van der Waals surface area contributed by atoms with Gasteiger partial charge in [0.25, 0.3) is 0 Å². The Labute approximate surface area is 135 Å². The van der Waals surface area contributed by atoms with E-state index in [0.717, 1.165) is 12.1 Å². The van der Waals surface area contributed by atoms with Crippen molar-refractivity contribution in [3.63, 3.8) is 0 Å².